The van der Waals surface area contributed by atoms with E-state index in [-0.39, 0.29) is 17.3 Å². The number of rotatable bonds is 3. The smallest absolute Gasteiger partial charge is 0.145 e. The molecule has 2 aromatic rings. The van der Waals surface area contributed by atoms with E-state index in [0.29, 0.717) is 11.1 Å². The van der Waals surface area contributed by atoms with Crippen molar-refractivity contribution in [3.8, 4) is 0 Å². The van der Waals surface area contributed by atoms with Crippen molar-refractivity contribution in [2.24, 2.45) is 5.73 Å². The monoisotopic (exact) mass is 295 g/mol. The quantitative estimate of drug-likeness (QED) is 0.888. The zero-order chi connectivity index (χ0) is 14.9. The highest BCUT2D eigenvalue weighted by atomic mass is 35.5. The summed E-state index contributed by atoms with van der Waals surface area (Å²) in [5, 5.41) is 0.0517. The Kier molecular flexibility index (Phi) is 4.41. The van der Waals surface area contributed by atoms with Crippen molar-refractivity contribution >= 4 is 11.6 Å². The Morgan fingerprint density at radius 3 is 2.55 bits per heavy atom. The maximum absolute atomic E-state index is 14.0. The van der Waals surface area contributed by atoms with Crippen molar-refractivity contribution < 1.29 is 8.78 Å². The Balaban J connectivity index is 2.33. The molecule has 2 rings (SSSR count). The largest absolute Gasteiger partial charge is 0.324 e. The fourth-order valence-corrected chi connectivity index (χ4v) is 2.64. The molecule has 106 valence electrons. The average Bonchev–Trinajstić information content (AvgIpc) is 2.33. The summed E-state index contributed by atoms with van der Waals surface area (Å²) in [5.74, 6) is -0.841. The average molecular weight is 296 g/mol. The van der Waals surface area contributed by atoms with Crippen LogP contribution in [0.3, 0.4) is 0 Å². The minimum atomic E-state index is -0.608. The van der Waals surface area contributed by atoms with Gasteiger partial charge in [-0.05, 0) is 49.1 Å². The molecule has 0 amide bonds. The SMILES string of the molecule is Cc1cc(C)c(C(N)Cc2cccc(Cl)c2F)c(F)c1. The molecule has 0 fully saturated rings. The van der Waals surface area contributed by atoms with Crippen LogP contribution in [0.25, 0.3) is 0 Å². The molecule has 0 aliphatic rings. The molecule has 0 saturated carbocycles. The van der Waals surface area contributed by atoms with Gasteiger partial charge in [-0.3, -0.25) is 0 Å². The maximum atomic E-state index is 14.0. The second-order valence-electron chi connectivity index (χ2n) is 5.00. The summed E-state index contributed by atoms with van der Waals surface area (Å²) in [5.41, 5.74) is 8.48. The van der Waals surface area contributed by atoms with E-state index >= 15 is 0 Å². The number of halogens is 3. The Hall–Kier alpha value is -1.45. The topological polar surface area (TPSA) is 26.0 Å². The van der Waals surface area contributed by atoms with E-state index in [9.17, 15) is 8.78 Å². The summed E-state index contributed by atoms with van der Waals surface area (Å²) in [6.45, 7) is 3.63. The van der Waals surface area contributed by atoms with Crippen molar-refractivity contribution in [3.63, 3.8) is 0 Å². The zero-order valence-electron chi connectivity index (χ0n) is 11.4. The van der Waals surface area contributed by atoms with Gasteiger partial charge in [0.25, 0.3) is 0 Å². The van der Waals surface area contributed by atoms with Crippen LogP contribution in [0.2, 0.25) is 5.02 Å². The second-order valence-corrected chi connectivity index (χ2v) is 5.41. The summed E-state index contributed by atoms with van der Waals surface area (Å²) in [6, 6.07) is 7.45. The molecule has 0 heterocycles. The van der Waals surface area contributed by atoms with Crippen LogP contribution >= 0.6 is 11.6 Å². The first-order chi connectivity index (χ1) is 9.40. The van der Waals surface area contributed by atoms with Crippen LogP contribution in [0, 0.1) is 25.5 Å². The molecule has 2 aromatic carbocycles. The molecule has 4 heteroatoms. The molecule has 0 spiro atoms. The van der Waals surface area contributed by atoms with E-state index in [1.54, 1.807) is 19.1 Å². The van der Waals surface area contributed by atoms with Gasteiger partial charge in [0.05, 0.1) is 5.02 Å². The number of nitrogens with two attached hydrogens (primary N) is 1. The van der Waals surface area contributed by atoms with Crippen LogP contribution in [0.5, 0.6) is 0 Å². The zero-order valence-corrected chi connectivity index (χ0v) is 12.1. The van der Waals surface area contributed by atoms with Gasteiger partial charge in [0.2, 0.25) is 0 Å². The van der Waals surface area contributed by atoms with Crippen LogP contribution in [-0.4, -0.2) is 0 Å². The Morgan fingerprint density at radius 2 is 1.90 bits per heavy atom. The molecule has 1 atom stereocenters. The highest BCUT2D eigenvalue weighted by molar-refractivity contribution is 6.30. The van der Waals surface area contributed by atoms with Crippen LogP contribution in [0.1, 0.15) is 28.3 Å². The molecule has 1 unspecified atom stereocenters. The molecule has 2 N–H and O–H groups in total. The lowest BCUT2D eigenvalue weighted by atomic mass is 9.94. The summed E-state index contributed by atoms with van der Waals surface area (Å²) < 4.78 is 27.9. The molecule has 0 aromatic heterocycles. The van der Waals surface area contributed by atoms with Gasteiger partial charge in [-0.2, -0.15) is 0 Å². The van der Waals surface area contributed by atoms with Crippen LogP contribution in [-0.2, 0) is 6.42 Å². The number of aryl methyl sites for hydroxylation is 2. The third-order valence-corrected chi connectivity index (χ3v) is 3.61. The molecular weight excluding hydrogens is 280 g/mol. The standard InChI is InChI=1S/C16H16ClF2N/c1-9-6-10(2)15(13(18)7-9)14(20)8-11-4-3-5-12(17)16(11)19/h3-7,14H,8,20H2,1-2H3. The van der Waals surface area contributed by atoms with E-state index in [2.05, 4.69) is 0 Å². The van der Waals surface area contributed by atoms with Gasteiger partial charge in [-0.1, -0.05) is 29.8 Å². The van der Waals surface area contributed by atoms with Crippen molar-refractivity contribution in [2.45, 2.75) is 26.3 Å². The van der Waals surface area contributed by atoms with Crippen molar-refractivity contribution in [3.05, 3.63) is 69.2 Å². The minimum absolute atomic E-state index is 0.0517. The lowest BCUT2D eigenvalue weighted by Gasteiger charge is -2.17. The molecule has 0 aliphatic carbocycles. The van der Waals surface area contributed by atoms with E-state index in [1.165, 1.54) is 12.1 Å². The van der Waals surface area contributed by atoms with E-state index < -0.39 is 11.9 Å². The van der Waals surface area contributed by atoms with Gasteiger partial charge in [0, 0.05) is 11.6 Å². The predicted octanol–water partition coefficient (Wildman–Crippen LogP) is 4.48. The fourth-order valence-electron chi connectivity index (χ4n) is 2.44. The summed E-state index contributed by atoms with van der Waals surface area (Å²) >= 11 is 5.74. The highest BCUT2D eigenvalue weighted by Gasteiger charge is 2.17. The van der Waals surface area contributed by atoms with Gasteiger partial charge < -0.3 is 5.73 Å². The first kappa shape index (κ1) is 14.9. The van der Waals surface area contributed by atoms with E-state index in [1.807, 2.05) is 13.0 Å². The maximum Gasteiger partial charge on any atom is 0.145 e. The first-order valence-electron chi connectivity index (χ1n) is 6.35. The van der Waals surface area contributed by atoms with Gasteiger partial charge in [0.1, 0.15) is 11.6 Å². The molecule has 0 bridgehead atoms. The third kappa shape index (κ3) is 3.00. The fraction of sp³-hybridized carbons (Fsp3) is 0.250. The van der Waals surface area contributed by atoms with Crippen molar-refractivity contribution in [2.75, 3.05) is 0 Å². The minimum Gasteiger partial charge on any atom is -0.324 e. The first-order valence-corrected chi connectivity index (χ1v) is 6.73. The second kappa shape index (κ2) is 5.90. The van der Waals surface area contributed by atoms with Gasteiger partial charge >= 0.3 is 0 Å². The Bertz CT molecular complexity index is 617. The molecule has 0 saturated heterocycles. The Morgan fingerprint density at radius 1 is 1.20 bits per heavy atom. The number of hydrogen-bond donors (Lipinski definition) is 1. The van der Waals surface area contributed by atoms with Crippen LogP contribution in [0.15, 0.2) is 30.3 Å². The number of benzene rings is 2. The summed E-state index contributed by atoms with van der Waals surface area (Å²) in [6.07, 6.45) is 0.202. The number of hydrogen-bond acceptors (Lipinski definition) is 1. The summed E-state index contributed by atoms with van der Waals surface area (Å²) in [4.78, 5) is 0. The predicted molar refractivity (Wildman–Crippen MR) is 77.9 cm³/mol. The van der Waals surface area contributed by atoms with Gasteiger partial charge in [-0.15, -0.1) is 0 Å². The molecule has 20 heavy (non-hydrogen) atoms. The normalized spacial score (nSPS) is 12.5. The lowest BCUT2D eigenvalue weighted by molar-refractivity contribution is 0.560. The van der Waals surface area contributed by atoms with Gasteiger partial charge in [0.15, 0.2) is 0 Å². The van der Waals surface area contributed by atoms with Crippen LogP contribution < -0.4 is 5.73 Å². The summed E-state index contributed by atoms with van der Waals surface area (Å²) in [7, 11) is 0. The van der Waals surface area contributed by atoms with Crippen molar-refractivity contribution in [1.29, 1.82) is 0 Å². The highest BCUT2D eigenvalue weighted by Crippen LogP contribution is 2.26. The third-order valence-electron chi connectivity index (χ3n) is 3.32. The Labute approximate surface area is 122 Å². The molecule has 0 radical (unpaired) electrons. The van der Waals surface area contributed by atoms with Crippen molar-refractivity contribution in [1.82, 2.24) is 0 Å². The van der Waals surface area contributed by atoms with Crippen LogP contribution in [0.4, 0.5) is 8.78 Å². The van der Waals surface area contributed by atoms with Gasteiger partial charge in [-0.25, -0.2) is 8.78 Å². The molecule has 1 nitrogen and oxygen atoms in total. The van der Waals surface area contributed by atoms with E-state index in [4.69, 9.17) is 17.3 Å². The lowest BCUT2D eigenvalue weighted by Crippen LogP contribution is -2.17. The molecular formula is C16H16ClF2N. The molecule has 0 aliphatic heterocycles. The van der Waals surface area contributed by atoms with E-state index in [0.717, 1.165) is 11.1 Å².